The van der Waals surface area contributed by atoms with Crippen molar-refractivity contribution in [3.63, 3.8) is 0 Å². The second-order valence-electron chi connectivity index (χ2n) is 3.70. The molecule has 16 heavy (non-hydrogen) atoms. The molecule has 1 atom stereocenters. The van der Waals surface area contributed by atoms with Crippen LogP contribution in [-0.2, 0) is 13.3 Å². The summed E-state index contributed by atoms with van der Waals surface area (Å²) in [6.07, 6.45) is 1.02. The van der Waals surface area contributed by atoms with Gasteiger partial charge in [0.05, 0.1) is 0 Å². The van der Waals surface area contributed by atoms with Crippen molar-refractivity contribution in [1.82, 2.24) is 5.32 Å². The van der Waals surface area contributed by atoms with Gasteiger partial charge in [-0.3, -0.25) is 0 Å². The largest absolute Gasteiger partial charge is 0.503 e. The van der Waals surface area contributed by atoms with Crippen molar-refractivity contribution >= 4 is 8.80 Å². The maximum atomic E-state index is 5.84. The van der Waals surface area contributed by atoms with Gasteiger partial charge in [0.15, 0.2) is 0 Å². The van der Waals surface area contributed by atoms with Crippen molar-refractivity contribution in [3.05, 3.63) is 0 Å². The van der Waals surface area contributed by atoms with Crippen LogP contribution in [0.5, 0.6) is 0 Å². The first kappa shape index (κ1) is 16.1. The third kappa shape index (κ3) is 4.93. The van der Waals surface area contributed by atoms with Crippen molar-refractivity contribution in [2.24, 2.45) is 0 Å². The summed E-state index contributed by atoms with van der Waals surface area (Å²) in [5.74, 6) is 0. The lowest BCUT2D eigenvalue weighted by Gasteiger charge is -2.33. The van der Waals surface area contributed by atoms with Gasteiger partial charge in [-0.15, -0.1) is 0 Å². The van der Waals surface area contributed by atoms with Crippen LogP contribution in [-0.4, -0.2) is 42.2 Å². The smallest absolute Gasteiger partial charge is 0.374 e. The highest BCUT2D eigenvalue weighted by atomic mass is 28.4. The molecular weight excluding hydrogens is 222 g/mol. The van der Waals surface area contributed by atoms with Crippen LogP contribution in [0, 0.1) is 0 Å². The maximum Gasteiger partial charge on any atom is 0.503 e. The Morgan fingerprint density at radius 2 is 1.44 bits per heavy atom. The zero-order valence-corrected chi connectivity index (χ0v) is 12.3. The van der Waals surface area contributed by atoms with E-state index in [1.807, 2.05) is 27.8 Å². The van der Waals surface area contributed by atoms with E-state index < -0.39 is 8.80 Å². The third-order valence-electron chi connectivity index (χ3n) is 2.47. The average molecular weight is 249 g/mol. The van der Waals surface area contributed by atoms with E-state index >= 15 is 0 Å². The molecule has 0 bridgehead atoms. The molecule has 5 heteroatoms. The zero-order chi connectivity index (χ0) is 12.4. The Hall–Kier alpha value is 0.0569. The summed E-state index contributed by atoms with van der Waals surface area (Å²) in [6.45, 7) is 11.0. The van der Waals surface area contributed by atoms with E-state index in [9.17, 15) is 0 Å². The number of nitrogens with one attached hydrogen (secondary N) is 1. The summed E-state index contributed by atoms with van der Waals surface area (Å²) in [5, 5.41) is 3.15. The fraction of sp³-hybridized carbons (Fsp3) is 1.00. The number of hydrogen-bond donors (Lipinski definition) is 1. The molecule has 0 spiro atoms. The molecule has 0 radical (unpaired) electrons. The van der Waals surface area contributed by atoms with Crippen LogP contribution in [0.4, 0.5) is 0 Å². The highest BCUT2D eigenvalue weighted by Gasteiger charge is 2.46. The van der Waals surface area contributed by atoms with Crippen LogP contribution in [0.1, 0.15) is 34.1 Å². The van der Waals surface area contributed by atoms with Gasteiger partial charge in [-0.25, -0.2) is 0 Å². The summed E-state index contributed by atoms with van der Waals surface area (Å²) in [6, 6.07) is 0. The van der Waals surface area contributed by atoms with Crippen LogP contribution in [0.15, 0.2) is 0 Å². The standard InChI is InChI=1S/C11H27NO3Si/c1-6-13-16(14-7-2,15-8-3)11(4)9-10-12-5/h11-12H,6-10H2,1-5H3. The van der Waals surface area contributed by atoms with Crippen LogP contribution in [0.25, 0.3) is 0 Å². The minimum Gasteiger partial charge on any atom is -0.374 e. The van der Waals surface area contributed by atoms with E-state index in [1.54, 1.807) is 0 Å². The first-order chi connectivity index (χ1) is 7.66. The number of rotatable bonds is 10. The first-order valence-corrected chi connectivity index (χ1v) is 8.03. The Labute approximate surface area is 101 Å². The molecule has 0 fully saturated rings. The maximum absolute atomic E-state index is 5.84. The van der Waals surface area contributed by atoms with E-state index in [-0.39, 0.29) is 0 Å². The van der Waals surface area contributed by atoms with Gasteiger partial charge in [0.25, 0.3) is 0 Å². The molecular formula is C11H27NO3Si. The molecule has 0 aromatic carbocycles. The van der Waals surface area contributed by atoms with Crippen LogP contribution >= 0.6 is 0 Å². The quantitative estimate of drug-likeness (QED) is 0.601. The van der Waals surface area contributed by atoms with Crippen LogP contribution < -0.4 is 5.32 Å². The van der Waals surface area contributed by atoms with Gasteiger partial charge in [-0.1, -0.05) is 6.92 Å². The molecule has 0 saturated heterocycles. The molecule has 98 valence electrons. The van der Waals surface area contributed by atoms with E-state index in [0.29, 0.717) is 25.4 Å². The Morgan fingerprint density at radius 1 is 1.00 bits per heavy atom. The normalized spacial score (nSPS) is 14.1. The number of hydrogen-bond acceptors (Lipinski definition) is 4. The summed E-state index contributed by atoms with van der Waals surface area (Å²) in [5.41, 5.74) is 0.333. The fourth-order valence-corrected chi connectivity index (χ4v) is 4.50. The zero-order valence-electron chi connectivity index (χ0n) is 11.3. The van der Waals surface area contributed by atoms with Gasteiger partial charge in [-0.05, 0) is 40.8 Å². The van der Waals surface area contributed by atoms with E-state index in [2.05, 4.69) is 12.2 Å². The summed E-state index contributed by atoms with van der Waals surface area (Å²) < 4.78 is 17.5. The topological polar surface area (TPSA) is 39.7 Å². The lowest BCUT2D eigenvalue weighted by molar-refractivity contribution is 0.0616. The Morgan fingerprint density at radius 3 is 1.75 bits per heavy atom. The molecule has 0 aromatic heterocycles. The second-order valence-corrected chi connectivity index (χ2v) is 6.75. The molecule has 4 nitrogen and oxygen atoms in total. The summed E-state index contributed by atoms with van der Waals surface area (Å²) in [7, 11) is -0.520. The monoisotopic (exact) mass is 249 g/mol. The highest BCUT2D eigenvalue weighted by molar-refractivity contribution is 6.62. The predicted octanol–water partition coefficient (Wildman–Crippen LogP) is 2.03. The van der Waals surface area contributed by atoms with Gasteiger partial charge in [0.1, 0.15) is 0 Å². The third-order valence-corrected chi connectivity index (χ3v) is 6.04. The van der Waals surface area contributed by atoms with E-state index in [1.165, 1.54) is 0 Å². The Bertz CT molecular complexity index is 152. The molecule has 0 amide bonds. The van der Waals surface area contributed by atoms with E-state index in [0.717, 1.165) is 13.0 Å². The van der Waals surface area contributed by atoms with Gasteiger partial charge in [-0.2, -0.15) is 0 Å². The molecule has 1 N–H and O–H groups in total. The first-order valence-electron chi connectivity index (χ1n) is 6.23. The molecule has 0 aliphatic carbocycles. The fourth-order valence-electron chi connectivity index (χ4n) is 1.69. The summed E-state index contributed by atoms with van der Waals surface area (Å²) >= 11 is 0. The van der Waals surface area contributed by atoms with Gasteiger partial charge in [0, 0.05) is 25.4 Å². The molecule has 0 aliphatic heterocycles. The molecule has 0 aromatic rings. The van der Waals surface area contributed by atoms with Gasteiger partial charge in [0.2, 0.25) is 0 Å². The SMILES string of the molecule is CCO[Si](OCC)(OCC)C(C)CCNC. The molecule has 1 unspecified atom stereocenters. The highest BCUT2D eigenvalue weighted by Crippen LogP contribution is 2.28. The predicted molar refractivity (Wildman–Crippen MR) is 68.6 cm³/mol. The van der Waals surface area contributed by atoms with Gasteiger partial charge >= 0.3 is 8.80 Å². The molecule has 0 saturated carbocycles. The minimum atomic E-state index is -2.48. The van der Waals surface area contributed by atoms with Crippen LogP contribution in [0.2, 0.25) is 5.54 Å². The van der Waals surface area contributed by atoms with Crippen molar-refractivity contribution in [2.45, 2.75) is 39.7 Å². The van der Waals surface area contributed by atoms with Gasteiger partial charge < -0.3 is 18.6 Å². The lowest BCUT2D eigenvalue weighted by Crippen LogP contribution is -2.50. The second kappa shape index (κ2) is 9.12. The Balaban J connectivity index is 4.54. The van der Waals surface area contributed by atoms with Crippen LogP contribution in [0.3, 0.4) is 0 Å². The van der Waals surface area contributed by atoms with Crippen molar-refractivity contribution in [1.29, 1.82) is 0 Å². The Kier molecular flexibility index (Phi) is 9.16. The molecule has 0 heterocycles. The molecule has 0 aliphatic rings. The molecule has 0 rings (SSSR count). The lowest BCUT2D eigenvalue weighted by atomic mass is 10.3. The van der Waals surface area contributed by atoms with Crippen molar-refractivity contribution in [2.75, 3.05) is 33.4 Å². The minimum absolute atomic E-state index is 0.333. The van der Waals surface area contributed by atoms with Crippen molar-refractivity contribution in [3.8, 4) is 0 Å². The van der Waals surface area contributed by atoms with Crippen molar-refractivity contribution < 1.29 is 13.3 Å². The average Bonchev–Trinajstić information content (AvgIpc) is 2.26. The summed E-state index contributed by atoms with van der Waals surface area (Å²) in [4.78, 5) is 0. The van der Waals surface area contributed by atoms with E-state index in [4.69, 9.17) is 13.3 Å².